The van der Waals surface area contributed by atoms with Gasteiger partial charge >= 0.3 is 0 Å². The molecule has 0 bridgehead atoms. The molecule has 4 nitrogen and oxygen atoms in total. The molecule has 0 aliphatic carbocycles. The predicted molar refractivity (Wildman–Crippen MR) is 77.0 cm³/mol. The van der Waals surface area contributed by atoms with Crippen molar-refractivity contribution in [3.63, 3.8) is 0 Å². The van der Waals surface area contributed by atoms with E-state index >= 15 is 0 Å². The van der Waals surface area contributed by atoms with Crippen LogP contribution in [0.15, 0.2) is 40.8 Å². The van der Waals surface area contributed by atoms with Crippen LogP contribution in [-0.4, -0.2) is 13.0 Å². The van der Waals surface area contributed by atoms with Crippen molar-refractivity contribution in [1.29, 1.82) is 0 Å². The van der Waals surface area contributed by atoms with Crippen LogP contribution in [0.3, 0.4) is 0 Å². The van der Waals surface area contributed by atoms with Gasteiger partial charge in [0.1, 0.15) is 18.1 Å². The van der Waals surface area contributed by atoms with Crippen molar-refractivity contribution in [3.8, 4) is 5.75 Å². The summed E-state index contributed by atoms with van der Waals surface area (Å²) in [7, 11) is 1.57. The Bertz CT molecular complexity index is 570. The Morgan fingerprint density at radius 1 is 1.20 bits per heavy atom. The van der Waals surface area contributed by atoms with Crippen LogP contribution in [0.4, 0.5) is 0 Å². The summed E-state index contributed by atoms with van der Waals surface area (Å²) in [6.45, 7) is 4.61. The summed E-state index contributed by atoms with van der Waals surface area (Å²) in [5.74, 6) is 1.96. The molecule has 2 aromatic rings. The van der Waals surface area contributed by atoms with Gasteiger partial charge in [0, 0.05) is 7.05 Å². The van der Waals surface area contributed by atoms with Crippen LogP contribution in [0.5, 0.6) is 5.75 Å². The van der Waals surface area contributed by atoms with Gasteiger partial charge in [-0.15, -0.1) is 0 Å². The van der Waals surface area contributed by atoms with Crippen molar-refractivity contribution < 1.29 is 13.9 Å². The second-order valence-electron chi connectivity index (χ2n) is 4.86. The Hall–Kier alpha value is -2.23. The van der Waals surface area contributed by atoms with Gasteiger partial charge in [-0.1, -0.05) is 26.0 Å². The topological polar surface area (TPSA) is 51.5 Å². The molecule has 0 aliphatic heterocycles. The van der Waals surface area contributed by atoms with E-state index in [2.05, 4.69) is 31.3 Å². The number of hydrogen-bond acceptors (Lipinski definition) is 3. The van der Waals surface area contributed by atoms with Crippen LogP contribution in [0.25, 0.3) is 0 Å². The molecule has 0 saturated carbocycles. The Labute approximate surface area is 118 Å². The highest BCUT2D eigenvalue weighted by Gasteiger charge is 2.09. The minimum Gasteiger partial charge on any atom is -0.486 e. The number of carbonyl (C=O) groups excluding carboxylic acids is 1. The average molecular weight is 273 g/mol. The molecular formula is C16H19NO3. The fourth-order valence-corrected chi connectivity index (χ4v) is 1.80. The third-order valence-corrected chi connectivity index (χ3v) is 3.04. The number of ether oxygens (including phenoxy) is 1. The lowest BCUT2D eigenvalue weighted by Gasteiger charge is -2.07. The molecule has 1 amide bonds. The fraction of sp³-hybridized carbons (Fsp3) is 0.312. The molecule has 1 N–H and O–H groups in total. The number of furan rings is 1. The SMILES string of the molecule is CNC(=O)c1ccc(COc2ccc(C(C)C)cc2)o1. The quantitative estimate of drug-likeness (QED) is 0.909. The van der Waals surface area contributed by atoms with Gasteiger partial charge in [-0.2, -0.15) is 0 Å². The monoisotopic (exact) mass is 273 g/mol. The Morgan fingerprint density at radius 3 is 2.50 bits per heavy atom. The molecule has 1 aromatic heterocycles. The highest BCUT2D eigenvalue weighted by atomic mass is 16.5. The molecule has 1 aromatic carbocycles. The first-order valence-electron chi connectivity index (χ1n) is 6.63. The molecule has 0 atom stereocenters. The standard InChI is InChI=1S/C16H19NO3/c1-11(2)12-4-6-13(7-5-12)19-10-14-8-9-15(20-14)16(18)17-3/h4-9,11H,10H2,1-3H3,(H,17,18). The highest BCUT2D eigenvalue weighted by Crippen LogP contribution is 2.19. The molecule has 2 rings (SSSR count). The third-order valence-electron chi connectivity index (χ3n) is 3.04. The maximum absolute atomic E-state index is 11.4. The van der Waals surface area contributed by atoms with E-state index in [1.54, 1.807) is 19.2 Å². The first-order valence-corrected chi connectivity index (χ1v) is 6.63. The van der Waals surface area contributed by atoms with E-state index in [0.29, 0.717) is 24.0 Å². The summed E-state index contributed by atoms with van der Waals surface area (Å²) < 4.78 is 11.0. The number of rotatable bonds is 5. The minimum atomic E-state index is -0.238. The second kappa shape index (κ2) is 6.28. The maximum Gasteiger partial charge on any atom is 0.286 e. The van der Waals surface area contributed by atoms with Crippen molar-refractivity contribution in [3.05, 3.63) is 53.5 Å². The van der Waals surface area contributed by atoms with E-state index in [9.17, 15) is 4.79 Å². The first kappa shape index (κ1) is 14.2. The van der Waals surface area contributed by atoms with Crippen molar-refractivity contribution >= 4 is 5.91 Å². The Balaban J connectivity index is 1.94. The van der Waals surface area contributed by atoms with Gasteiger partial charge < -0.3 is 14.5 Å². The van der Waals surface area contributed by atoms with Crippen LogP contribution >= 0.6 is 0 Å². The summed E-state index contributed by atoms with van der Waals surface area (Å²) in [4.78, 5) is 11.4. The molecule has 0 radical (unpaired) electrons. The summed E-state index contributed by atoms with van der Waals surface area (Å²) in [5.41, 5.74) is 1.28. The Kier molecular flexibility index (Phi) is 4.45. The highest BCUT2D eigenvalue weighted by molar-refractivity contribution is 5.91. The number of carbonyl (C=O) groups is 1. The smallest absolute Gasteiger partial charge is 0.286 e. The predicted octanol–water partition coefficient (Wildman–Crippen LogP) is 3.34. The van der Waals surface area contributed by atoms with E-state index in [0.717, 1.165) is 5.75 Å². The van der Waals surface area contributed by atoms with Crippen LogP contribution < -0.4 is 10.1 Å². The van der Waals surface area contributed by atoms with Gasteiger partial charge in [0.15, 0.2) is 5.76 Å². The fourth-order valence-electron chi connectivity index (χ4n) is 1.80. The molecule has 4 heteroatoms. The van der Waals surface area contributed by atoms with Gasteiger partial charge in [-0.05, 0) is 35.7 Å². The molecule has 0 fully saturated rings. The first-order chi connectivity index (χ1) is 9.60. The maximum atomic E-state index is 11.4. The average Bonchev–Trinajstić information content (AvgIpc) is 2.93. The molecule has 1 heterocycles. The lowest BCUT2D eigenvalue weighted by atomic mass is 10.0. The number of nitrogens with one attached hydrogen (secondary N) is 1. The Morgan fingerprint density at radius 2 is 1.90 bits per heavy atom. The summed E-state index contributed by atoms with van der Waals surface area (Å²) in [6, 6.07) is 11.4. The normalized spacial score (nSPS) is 10.6. The minimum absolute atomic E-state index is 0.238. The largest absolute Gasteiger partial charge is 0.486 e. The van der Waals surface area contributed by atoms with Crippen LogP contribution in [0.1, 0.15) is 41.6 Å². The number of benzene rings is 1. The van der Waals surface area contributed by atoms with Gasteiger partial charge in [0.05, 0.1) is 0 Å². The van der Waals surface area contributed by atoms with Gasteiger partial charge in [-0.3, -0.25) is 4.79 Å². The molecule has 0 spiro atoms. The zero-order valence-corrected chi connectivity index (χ0v) is 12.0. The van der Waals surface area contributed by atoms with Crippen molar-refractivity contribution in [2.45, 2.75) is 26.4 Å². The van der Waals surface area contributed by atoms with Crippen molar-refractivity contribution in [2.24, 2.45) is 0 Å². The van der Waals surface area contributed by atoms with Gasteiger partial charge in [0.2, 0.25) is 0 Å². The number of amides is 1. The van der Waals surface area contributed by atoms with E-state index in [1.807, 2.05) is 12.1 Å². The summed E-state index contributed by atoms with van der Waals surface area (Å²) in [5, 5.41) is 2.51. The van der Waals surface area contributed by atoms with Crippen LogP contribution in [-0.2, 0) is 6.61 Å². The van der Waals surface area contributed by atoms with Crippen LogP contribution in [0, 0.1) is 0 Å². The van der Waals surface area contributed by atoms with Crippen molar-refractivity contribution in [2.75, 3.05) is 7.05 Å². The van der Waals surface area contributed by atoms with Crippen molar-refractivity contribution in [1.82, 2.24) is 5.32 Å². The van der Waals surface area contributed by atoms with Gasteiger partial charge in [0.25, 0.3) is 5.91 Å². The molecule has 0 unspecified atom stereocenters. The van der Waals surface area contributed by atoms with Gasteiger partial charge in [-0.25, -0.2) is 0 Å². The van der Waals surface area contributed by atoms with E-state index in [1.165, 1.54) is 5.56 Å². The molecule has 0 saturated heterocycles. The molecule has 20 heavy (non-hydrogen) atoms. The summed E-state index contributed by atoms with van der Waals surface area (Å²) >= 11 is 0. The van der Waals surface area contributed by atoms with E-state index in [4.69, 9.17) is 9.15 Å². The zero-order chi connectivity index (χ0) is 14.5. The van der Waals surface area contributed by atoms with Crippen LogP contribution in [0.2, 0.25) is 0 Å². The third kappa shape index (κ3) is 3.41. The molecule has 106 valence electrons. The summed E-state index contributed by atoms with van der Waals surface area (Å²) in [6.07, 6.45) is 0. The molecule has 0 aliphatic rings. The second-order valence-corrected chi connectivity index (χ2v) is 4.86. The van der Waals surface area contributed by atoms with E-state index < -0.39 is 0 Å². The zero-order valence-electron chi connectivity index (χ0n) is 12.0. The number of hydrogen-bond donors (Lipinski definition) is 1. The lowest BCUT2D eigenvalue weighted by molar-refractivity contribution is 0.0931. The van der Waals surface area contributed by atoms with E-state index in [-0.39, 0.29) is 5.91 Å². The molecular weight excluding hydrogens is 254 g/mol. The lowest BCUT2D eigenvalue weighted by Crippen LogP contribution is -2.16.